The number of nitrogens with one attached hydrogen (secondary N) is 1. The summed E-state index contributed by atoms with van der Waals surface area (Å²) in [6, 6.07) is 16.6. The standard InChI is InChI=1S/C20H20N4/c1-20(2,3)14-7-6-8-15(11-14)22-19-18-12-21-13-24(18)17-10-5-4-9-16(17)23-19/h4-13H,1-3H3,(H,22,23). The molecule has 0 atom stereocenters. The van der Waals surface area contributed by atoms with Crippen molar-refractivity contribution in [3.8, 4) is 0 Å². The molecule has 1 N–H and O–H groups in total. The second-order valence-electron chi connectivity index (χ2n) is 7.05. The number of benzene rings is 2. The first-order chi connectivity index (χ1) is 11.5. The molecule has 0 unspecified atom stereocenters. The highest BCUT2D eigenvalue weighted by Crippen LogP contribution is 2.28. The number of nitrogens with zero attached hydrogens (tertiary/aromatic N) is 3. The fraction of sp³-hybridized carbons (Fsp3) is 0.200. The van der Waals surface area contributed by atoms with Gasteiger partial charge < -0.3 is 5.32 Å². The molecule has 0 saturated carbocycles. The van der Waals surface area contributed by atoms with Crippen LogP contribution in [0.4, 0.5) is 11.5 Å². The fourth-order valence-electron chi connectivity index (χ4n) is 2.89. The second kappa shape index (κ2) is 5.34. The molecule has 2 aromatic heterocycles. The van der Waals surface area contributed by atoms with Crippen LogP contribution in [0.2, 0.25) is 0 Å². The SMILES string of the molecule is CC(C)(C)c1cccc(Nc2nc3ccccc3n3cncc23)c1. The van der Waals surface area contributed by atoms with E-state index in [2.05, 4.69) is 65.8 Å². The van der Waals surface area contributed by atoms with Crippen molar-refractivity contribution in [1.82, 2.24) is 14.4 Å². The van der Waals surface area contributed by atoms with Crippen LogP contribution in [0.15, 0.2) is 61.1 Å². The average molecular weight is 316 g/mol. The molecule has 2 heterocycles. The van der Waals surface area contributed by atoms with Gasteiger partial charge in [0.05, 0.1) is 23.6 Å². The molecule has 0 spiro atoms. The van der Waals surface area contributed by atoms with Crippen LogP contribution in [-0.2, 0) is 5.41 Å². The third-order valence-corrected chi connectivity index (χ3v) is 4.25. The largest absolute Gasteiger partial charge is 0.338 e. The summed E-state index contributed by atoms with van der Waals surface area (Å²) in [7, 11) is 0. The highest BCUT2D eigenvalue weighted by molar-refractivity contribution is 5.85. The van der Waals surface area contributed by atoms with Crippen molar-refractivity contribution in [2.45, 2.75) is 26.2 Å². The molecule has 0 aliphatic rings. The lowest BCUT2D eigenvalue weighted by Gasteiger charge is -2.20. The van der Waals surface area contributed by atoms with Crippen molar-refractivity contribution >= 4 is 28.1 Å². The van der Waals surface area contributed by atoms with Crippen LogP contribution in [-0.4, -0.2) is 14.4 Å². The minimum Gasteiger partial charge on any atom is -0.338 e. The van der Waals surface area contributed by atoms with Gasteiger partial charge in [-0.05, 0) is 35.2 Å². The van der Waals surface area contributed by atoms with Crippen molar-refractivity contribution in [3.63, 3.8) is 0 Å². The number of aromatic nitrogens is 3. The topological polar surface area (TPSA) is 42.2 Å². The van der Waals surface area contributed by atoms with Gasteiger partial charge in [0.1, 0.15) is 5.52 Å². The van der Waals surface area contributed by atoms with Gasteiger partial charge in [0.25, 0.3) is 0 Å². The van der Waals surface area contributed by atoms with Gasteiger partial charge in [0.2, 0.25) is 0 Å². The fourth-order valence-corrected chi connectivity index (χ4v) is 2.89. The Kier molecular flexibility index (Phi) is 3.27. The molecule has 24 heavy (non-hydrogen) atoms. The summed E-state index contributed by atoms with van der Waals surface area (Å²) in [5.41, 5.74) is 5.40. The third-order valence-electron chi connectivity index (χ3n) is 4.25. The maximum Gasteiger partial charge on any atom is 0.157 e. The minimum atomic E-state index is 0.112. The summed E-state index contributed by atoms with van der Waals surface area (Å²) < 4.78 is 2.07. The number of para-hydroxylation sites is 2. The Morgan fingerprint density at radius 2 is 1.79 bits per heavy atom. The Hall–Kier alpha value is -2.88. The number of hydrogen-bond acceptors (Lipinski definition) is 3. The Morgan fingerprint density at radius 1 is 0.958 bits per heavy atom. The van der Waals surface area contributed by atoms with Crippen LogP contribution < -0.4 is 5.32 Å². The normalized spacial score (nSPS) is 12.0. The summed E-state index contributed by atoms with van der Waals surface area (Å²) in [6.45, 7) is 6.65. The lowest BCUT2D eigenvalue weighted by Crippen LogP contribution is -2.11. The van der Waals surface area contributed by atoms with E-state index >= 15 is 0 Å². The summed E-state index contributed by atoms with van der Waals surface area (Å²) >= 11 is 0. The zero-order valence-electron chi connectivity index (χ0n) is 14.1. The van der Waals surface area contributed by atoms with Crippen LogP contribution in [0.1, 0.15) is 26.3 Å². The molecule has 2 aromatic carbocycles. The van der Waals surface area contributed by atoms with Gasteiger partial charge in [0, 0.05) is 5.69 Å². The van der Waals surface area contributed by atoms with Gasteiger partial charge >= 0.3 is 0 Å². The van der Waals surface area contributed by atoms with Gasteiger partial charge in [0.15, 0.2) is 5.82 Å². The van der Waals surface area contributed by atoms with Crippen LogP contribution >= 0.6 is 0 Å². The molecule has 0 aliphatic carbocycles. The molecule has 0 radical (unpaired) electrons. The summed E-state index contributed by atoms with van der Waals surface area (Å²) in [5.74, 6) is 0.817. The molecule has 0 aliphatic heterocycles. The van der Waals surface area contributed by atoms with Crippen molar-refractivity contribution in [3.05, 3.63) is 66.6 Å². The van der Waals surface area contributed by atoms with Crippen molar-refractivity contribution < 1.29 is 0 Å². The molecule has 4 heteroatoms. The van der Waals surface area contributed by atoms with E-state index in [-0.39, 0.29) is 5.41 Å². The summed E-state index contributed by atoms with van der Waals surface area (Å²) in [6.07, 6.45) is 3.67. The molecule has 0 fully saturated rings. The molecule has 0 amide bonds. The molecule has 4 nitrogen and oxygen atoms in total. The number of rotatable bonds is 2. The van der Waals surface area contributed by atoms with Gasteiger partial charge in [-0.25, -0.2) is 9.97 Å². The number of anilines is 2. The predicted molar refractivity (Wildman–Crippen MR) is 98.9 cm³/mol. The van der Waals surface area contributed by atoms with Gasteiger partial charge in [-0.2, -0.15) is 0 Å². The van der Waals surface area contributed by atoms with E-state index in [1.165, 1.54) is 5.56 Å². The number of imidazole rings is 1. The van der Waals surface area contributed by atoms with E-state index in [0.717, 1.165) is 28.1 Å². The Balaban J connectivity index is 1.83. The summed E-state index contributed by atoms with van der Waals surface area (Å²) in [5, 5.41) is 3.47. The van der Waals surface area contributed by atoms with Crippen molar-refractivity contribution in [2.75, 3.05) is 5.32 Å². The maximum absolute atomic E-state index is 4.79. The lowest BCUT2D eigenvalue weighted by atomic mass is 9.87. The second-order valence-corrected chi connectivity index (χ2v) is 7.05. The number of fused-ring (bicyclic) bond motifs is 3. The van der Waals surface area contributed by atoms with E-state index in [4.69, 9.17) is 4.98 Å². The molecule has 4 aromatic rings. The van der Waals surface area contributed by atoms with Gasteiger partial charge in [-0.1, -0.05) is 45.0 Å². The lowest BCUT2D eigenvalue weighted by molar-refractivity contribution is 0.590. The highest BCUT2D eigenvalue weighted by Gasteiger charge is 2.14. The van der Waals surface area contributed by atoms with Crippen molar-refractivity contribution in [1.29, 1.82) is 0 Å². The number of hydrogen-bond donors (Lipinski definition) is 1. The third kappa shape index (κ3) is 2.50. The van der Waals surface area contributed by atoms with E-state index in [1.54, 1.807) is 0 Å². The predicted octanol–water partition coefficient (Wildman–Crippen LogP) is 4.92. The molecular formula is C20H20N4. The van der Waals surface area contributed by atoms with Crippen LogP contribution in [0.25, 0.3) is 16.6 Å². The smallest absolute Gasteiger partial charge is 0.157 e. The molecule has 0 saturated heterocycles. The van der Waals surface area contributed by atoms with Crippen molar-refractivity contribution in [2.24, 2.45) is 0 Å². The highest BCUT2D eigenvalue weighted by atomic mass is 15.1. The van der Waals surface area contributed by atoms with Crippen LogP contribution in [0, 0.1) is 0 Å². The van der Waals surface area contributed by atoms with E-state index < -0.39 is 0 Å². The van der Waals surface area contributed by atoms with Gasteiger partial charge in [-0.15, -0.1) is 0 Å². The van der Waals surface area contributed by atoms with E-state index in [0.29, 0.717) is 0 Å². The first-order valence-corrected chi connectivity index (χ1v) is 8.11. The minimum absolute atomic E-state index is 0.112. The Bertz CT molecular complexity index is 1020. The van der Waals surface area contributed by atoms with Crippen LogP contribution in [0.3, 0.4) is 0 Å². The maximum atomic E-state index is 4.79. The Morgan fingerprint density at radius 3 is 2.62 bits per heavy atom. The molecule has 4 rings (SSSR count). The summed E-state index contributed by atoms with van der Waals surface area (Å²) in [4.78, 5) is 9.08. The van der Waals surface area contributed by atoms with Gasteiger partial charge in [-0.3, -0.25) is 4.40 Å². The molecule has 0 bridgehead atoms. The average Bonchev–Trinajstić information content (AvgIpc) is 3.05. The Labute approximate surface area is 141 Å². The van der Waals surface area contributed by atoms with Crippen LogP contribution in [0.5, 0.6) is 0 Å². The first-order valence-electron chi connectivity index (χ1n) is 8.11. The monoisotopic (exact) mass is 316 g/mol. The molecule has 120 valence electrons. The quantitative estimate of drug-likeness (QED) is 0.570. The molecular weight excluding hydrogens is 296 g/mol. The van der Waals surface area contributed by atoms with E-state index in [9.17, 15) is 0 Å². The first kappa shape index (κ1) is 14.7. The zero-order valence-corrected chi connectivity index (χ0v) is 14.1. The van der Waals surface area contributed by atoms with E-state index in [1.807, 2.05) is 30.7 Å². The zero-order chi connectivity index (χ0) is 16.7.